The van der Waals surface area contributed by atoms with Gasteiger partial charge in [-0.15, -0.1) is 0 Å². The highest BCUT2D eigenvalue weighted by atomic mass is 32.2. The summed E-state index contributed by atoms with van der Waals surface area (Å²) in [7, 11) is 0. The Balaban J connectivity index is 1.95. The van der Waals surface area contributed by atoms with Gasteiger partial charge in [0, 0.05) is 12.0 Å². The number of fused-ring (bicyclic) bond motifs is 1. The number of carboxylic acid groups (broad SMARTS) is 1. The first-order valence-corrected chi connectivity index (χ1v) is 9.65. The summed E-state index contributed by atoms with van der Waals surface area (Å²) in [6.07, 6.45) is 2.97. The van der Waals surface area contributed by atoms with E-state index in [1.807, 2.05) is 37.3 Å². The summed E-state index contributed by atoms with van der Waals surface area (Å²) < 4.78 is 12.3. The number of aromatic carboxylic acids is 1. The molecule has 0 saturated carbocycles. The van der Waals surface area contributed by atoms with Gasteiger partial charge in [0.15, 0.2) is 4.90 Å². The van der Waals surface area contributed by atoms with Gasteiger partial charge in [-0.25, -0.2) is 4.79 Å². The molecule has 0 spiro atoms. The molecule has 1 aliphatic rings. The van der Waals surface area contributed by atoms with Crippen molar-refractivity contribution in [3.8, 4) is 0 Å². The zero-order chi connectivity index (χ0) is 18.2. The van der Waals surface area contributed by atoms with Gasteiger partial charge in [0.1, 0.15) is 5.75 Å². The van der Waals surface area contributed by atoms with Crippen LogP contribution in [0.25, 0.3) is 11.6 Å². The molecule has 3 rings (SSSR count). The molecule has 130 valence electrons. The van der Waals surface area contributed by atoms with Crippen LogP contribution in [0.3, 0.4) is 0 Å². The van der Waals surface area contributed by atoms with E-state index in [1.54, 1.807) is 12.1 Å². The fraction of sp³-hybridized carbons (Fsp3) is 0.286. The highest BCUT2D eigenvalue weighted by molar-refractivity contribution is 7.91. The molecule has 0 fully saturated rings. The molecule has 3 nitrogen and oxygen atoms in total. The number of rotatable bonds is 3. The number of hydrogen-bond donors (Lipinski definition) is 1. The Morgan fingerprint density at radius 2 is 1.80 bits per heavy atom. The summed E-state index contributed by atoms with van der Waals surface area (Å²) in [6.45, 7) is 6.45. The van der Waals surface area contributed by atoms with Crippen molar-refractivity contribution in [3.05, 3.63) is 64.7 Å². The second-order valence-corrected chi connectivity index (χ2v) is 8.69. The molecule has 0 amide bonds. The zero-order valence-corrected chi connectivity index (χ0v) is 15.5. The minimum absolute atomic E-state index is 0.0304. The van der Waals surface area contributed by atoms with E-state index in [2.05, 4.69) is 19.9 Å². The number of allylic oxidation sites excluding steroid dienone is 1. The van der Waals surface area contributed by atoms with Gasteiger partial charge in [0.05, 0.1) is 5.56 Å². The van der Waals surface area contributed by atoms with Crippen molar-refractivity contribution in [1.29, 1.82) is 0 Å². The van der Waals surface area contributed by atoms with Crippen molar-refractivity contribution in [2.24, 2.45) is 0 Å². The molecule has 1 atom stereocenters. The molecule has 2 aromatic carbocycles. The van der Waals surface area contributed by atoms with Crippen molar-refractivity contribution >= 4 is 28.8 Å². The van der Waals surface area contributed by atoms with E-state index in [0.717, 1.165) is 33.8 Å². The Bertz CT molecular complexity index is 835. The molecule has 1 unspecified atom stereocenters. The molecule has 1 heterocycles. The number of benzene rings is 2. The maximum atomic E-state index is 12.3. The van der Waals surface area contributed by atoms with Crippen molar-refractivity contribution in [3.63, 3.8) is 0 Å². The van der Waals surface area contributed by atoms with E-state index in [0.29, 0.717) is 0 Å². The maximum absolute atomic E-state index is 12.3. The molecule has 25 heavy (non-hydrogen) atoms. The minimum Gasteiger partial charge on any atom is -0.611 e. The van der Waals surface area contributed by atoms with Crippen molar-refractivity contribution < 1.29 is 14.5 Å². The van der Waals surface area contributed by atoms with Gasteiger partial charge < -0.3 is 9.66 Å². The van der Waals surface area contributed by atoms with Crippen LogP contribution in [0.15, 0.2) is 47.4 Å². The van der Waals surface area contributed by atoms with Gasteiger partial charge in [-0.05, 0) is 70.5 Å². The van der Waals surface area contributed by atoms with E-state index < -0.39 is 17.1 Å². The van der Waals surface area contributed by atoms with Crippen molar-refractivity contribution in [2.75, 3.05) is 5.75 Å². The fourth-order valence-corrected chi connectivity index (χ4v) is 4.87. The van der Waals surface area contributed by atoms with Gasteiger partial charge >= 0.3 is 5.97 Å². The molecular formula is C21H22O3S. The predicted octanol–water partition coefficient (Wildman–Crippen LogP) is 4.73. The molecule has 0 aliphatic carbocycles. The highest BCUT2D eigenvalue weighted by Gasteiger charge is 2.35. The van der Waals surface area contributed by atoms with Crippen LogP contribution in [0, 0.1) is 0 Å². The summed E-state index contributed by atoms with van der Waals surface area (Å²) in [5.74, 6) is -0.193. The first-order valence-electron chi connectivity index (χ1n) is 8.33. The third kappa shape index (κ3) is 3.65. The van der Waals surface area contributed by atoms with E-state index in [1.165, 1.54) is 5.56 Å². The van der Waals surface area contributed by atoms with Crippen LogP contribution in [0.5, 0.6) is 0 Å². The molecule has 1 N–H and O–H groups in total. The van der Waals surface area contributed by atoms with Gasteiger partial charge in [-0.3, -0.25) is 0 Å². The fourth-order valence-electron chi connectivity index (χ4n) is 3.15. The smallest absolute Gasteiger partial charge is 0.335 e. The van der Waals surface area contributed by atoms with Crippen LogP contribution in [0.1, 0.15) is 54.2 Å². The average molecular weight is 354 g/mol. The number of carboxylic acids is 1. The molecule has 0 radical (unpaired) electrons. The Kier molecular flexibility index (Phi) is 4.76. The molecular weight excluding hydrogens is 332 g/mol. The van der Waals surface area contributed by atoms with E-state index in [9.17, 15) is 9.35 Å². The lowest BCUT2D eigenvalue weighted by Gasteiger charge is -2.33. The Morgan fingerprint density at radius 1 is 1.16 bits per heavy atom. The largest absolute Gasteiger partial charge is 0.611 e. The second-order valence-electron chi connectivity index (χ2n) is 7.15. The summed E-state index contributed by atoms with van der Waals surface area (Å²) in [5.41, 5.74) is 4.65. The van der Waals surface area contributed by atoms with E-state index in [-0.39, 0.29) is 11.0 Å². The van der Waals surface area contributed by atoms with Gasteiger partial charge in [0.2, 0.25) is 0 Å². The van der Waals surface area contributed by atoms with E-state index >= 15 is 0 Å². The third-order valence-electron chi connectivity index (χ3n) is 4.86. The number of carbonyl (C=O) groups is 1. The van der Waals surface area contributed by atoms with Crippen LogP contribution in [0.2, 0.25) is 0 Å². The normalized spacial score (nSPS) is 19.4. The lowest BCUT2D eigenvalue weighted by atomic mass is 9.80. The van der Waals surface area contributed by atoms with Crippen LogP contribution in [0.4, 0.5) is 0 Å². The summed E-state index contributed by atoms with van der Waals surface area (Å²) in [4.78, 5) is 11.9. The van der Waals surface area contributed by atoms with E-state index in [4.69, 9.17) is 5.11 Å². The third-order valence-corrected chi connectivity index (χ3v) is 6.28. The lowest BCUT2D eigenvalue weighted by Crippen LogP contribution is -2.30. The highest BCUT2D eigenvalue weighted by Crippen LogP contribution is 2.39. The molecule has 2 aromatic rings. The van der Waals surface area contributed by atoms with Crippen LogP contribution >= 0.6 is 0 Å². The molecule has 4 heteroatoms. The Labute approximate surface area is 151 Å². The average Bonchev–Trinajstić information content (AvgIpc) is 2.58. The van der Waals surface area contributed by atoms with Crippen LogP contribution in [-0.2, 0) is 16.6 Å². The minimum atomic E-state index is -0.919. The zero-order valence-electron chi connectivity index (χ0n) is 14.7. The topological polar surface area (TPSA) is 60.4 Å². The van der Waals surface area contributed by atoms with Gasteiger partial charge in [-0.1, -0.05) is 32.1 Å². The lowest BCUT2D eigenvalue weighted by molar-refractivity contribution is 0.0697. The first kappa shape index (κ1) is 17.8. The summed E-state index contributed by atoms with van der Waals surface area (Å²) in [6, 6.07) is 13.0. The Hall–Kier alpha value is -2.04. The molecule has 0 aromatic heterocycles. The summed E-state index contributed by atoms with van der Waals surface area (Å²) in [5, 5.41) is 8.98. The van der Waals surface area contributed by atoms with Crippen molar-refractivity contribution in [2.45, 2.75) is 37.5 Å². The summed E-state index contributed by atoms with van der Waals surface area (Å²) >= 11 is -0.903. The van der Waals surface area contributed by atoms with Gasteiger partial charge in [-0.2, -0.15) is 0 Å². The monoisotopic (exact) mass is 354 g/mol. The van der Waals surface area contributed by atoms with Crippen LogP contribution < -0.4 is 0 Å². The number of hydrogen-bond acceptors (Lipinski definition) is 2. The molecule has 1 aliphatic heterocycles. The molecule has 0 bridgehead atoms. The SMILES string of the molecule is CC(=Cc1ccc(C(=O)O)cc1)c1ccc2c(c1)C(C)(C)CC[S+]2[O-]. The predicted molar refractivity (Wildman–Crippen MR) is 102 cm³/mol. The second kappa shape index (κ2) is 6.70. The van der Waals surface area contributed by atoms with Crippen molar-refractivity contribution in [1.82, 2.24) is 0 Å². The standard InChI is InChI=1S/C21H22O3S/c1-14(12-15-4-6-16(7-5-15)20(22)23)17-8-9-19-18(13-17)21(2,3)10-11-25(19)24/h4-9,12-13H,10-11H2,1-3H3,(H,22,23). The van der Waals surface area contributed by atoms with Crippen LogP contribution in [-0.4, -0.2) is 21.4 Å². The maximum Gasteiger partial charge on any atom is 0.335 e. The first-order chi connectivity index (χ1) is 11.8. The van der Waals surface area contributed by atoms with Gasteiger partial charge in [0.25, 0.3) is 0 Å². The quantitative estimate of drug-likeness (QED) is 0.640. The molecule has 0 saturated heterocycles. The Morgan fingerprint density at radius 3 is 2.44 bits per heavy atom.